The number of carbonyl (C=O) groups is 6. The van der Waals surface area contributed by atoms with Crippen LogP contribution in [0.1, 0.15) is 98.8 Å². The van der Waals surface area contributed by atoms with Gasteiger partial charge >= 0.3 is 0 Å². The monoisotopic (exact) mass is 530 g/mol. The second-order valence-corrected chi connectivity index (χ2v) is 9.34. The number of carbonyl (C=O) groups excluding carboxylic acids is 6. The molecule has 0 heterocycles. The van der Waals surface area contributed by atoms with Gasteiger partial charge in [-0.05, 0) is 32.1 Å². The summed E-state index contributed by atoms with van der Waals surface area (Å²) in [4.78, 5) is 79.5. The SMILES string of the molecule is CCCC(=O)C(=O)[C@@](O)(C(=O)CCC)[C@](O)(C(=O)CCC)[C@@](O)(C(=O)CCC)[C@](O)(CO)C(=O)CCC. The molecule has 0 spiro atoms. The average molecular weight is 531 g/mol. The third-order valence-corrected chi connectivity index (χ3v) is 6.51. The Hall–Kier alpha value is -2.18. The van der Waals surface area contributed by atoms with Gasteiger partial charge in [-0.3, -0.25) is 28.8 Å². The maximum absolute atomic E-state index is 13.6. The lowest BCUT2D eigenvalue weighted by Crippen LogP contribution is -2.86. The lowest BCUT2D eigenvalue weighted by Gasteiger charge is -2.53. The smallest absolute Gasteiger partial charge is 0.241 e. The highest BCUT2D eigenvalue weighted by Crippen LogP contribution is 2.46. The molecule has 37 heavy (non-hydrogen) atoms. The van der Waals surface area contributed by atoms with Gasteiger partial charge in [0, 0.05) is 32.1 Å². The predicted octanol–water partition coefficient (Wildman–Crippen LogP) is 0.318. The minimum absolute atomic E-state index is 0.0352. The first kappa shape index (κ1) is 34.8. The molecule has 11 heteroatoms. The third-order valence-electron chi connectivity index (χ3n) is 6.51. The normalized spacial score (nSPS) is 18.0. The summed E-state index contributed by atoms with van der Waals surface area (Å²) in [6.45, 7) is 5.61. The highest BCUT2D eigenvalue weighted by Gasteiger charge is 2.80. The zero-order valence-electron chi connectivity index (χ0n) is 22.5. The number of Topliss-reactive ketones (excluding diaryl/α,β-unsaturated/α-hetero) is 6. The number of aliphatic hydroxyl groups is 5. The lowest BCUT2D eigenvalue weighted by atomic mass is 9.55. The van der Waals surface area contributed by atoms with Crippen LogP contribution in [0.25, 0.3) is 0 Å². The van der Waals surface area contributed by atoms with Gasteiger partial charge in [0.2, 0.25) is 28.4 Å². The Bertz CT molecular complexity index is 882. The van der Waals surface area contributed by atoms with Crippen LogP contribution >= 0.6 is 0 Å². The maximum Gasteiger partial charge on any atom is 0.241 e. The number of hydrogen-bond donors (Lipinski definition) is 5. The predicted molar refractivity (Wildman–Crippen MR) is 131 cm³/mol. The largest absolute Gasteiger partial charge is 0.393 e. The van der Waals surface area contributed by atoms with Crippen LogP contribution in [0.5, 0.6) is 0 Å². The number of hydrogen-bond acceptors (Lipinski definition) is 11. The van der Waals surface area contributed by atoms with Gasteiger partial charge in [0.1, 0.15) is 0 Å². The third kappa shape index (κ3) is 5.80. The Labute approximate surface area is 217 Å². The van der Waals surface area contributed by atoms with Gasteiger partial charge in [-0.25, -0.2) is 0 Å². The second kappa shape index (κ2) is 14.1. The molecule has 5 N–H and O–H groups in total. The molecule has 0 aromatic heterocycles. The molecule has 0 aliphatic carbocycles. The van der Waals surface area contributed by atoms with E-state index in [-0.39, 0.29) is 32.1 Å². The van der Waals surface area contributed by atoms with Crippen molar-refractivity contribution < 1.29 is 54.3 Å². The van der Waals surface area contributed by atoms with Crippen molar-refractivity contribution >= 4 is 34.7 Å². The van der Waals surface area contributed by atoms with Crippen LogP contribution in [0, 0.1) is 0 Å². The molecule has 212 valence electrons. The lowest BCUT2D eigenvalue weighted by molar-refractivity contribution is -0.267. The molecule has 0 aromatic rings. The molecule has 0 aliphatic rings. The van der Waals surface area contributed by atoms with E-state index >= 15 is 0 Å². The fourth-order valence-electron chi connectivity index (χ4n) is 4.49. The summed E-state index contributed by atoms with van der Waals surface area (Å²) in [5.74, 6) is -9.52. The Morgan fingerprint density at radius 2 is 0.865 bits per heavy atom. The van der Waals surface area contributed by atoms with Crippen molar-refractivity contribution in [2.75, 3.05) is 6.61 Å². The quantitative estimate of drug-likeness (QED) is 0.107. The second-order valence-electron chi connectivity index (χ2n) is 9.34. The summed E-state index contributed by atoms with van der Waals surface area (Å²) in [5, 5.41) is 57.2. The molecule has 0 saturated carbocycles. The van der Waals surface area contributed by atoms with E-state index in [0.717, 1.165) is 0 Å². The van der Waals surface area contributed by atoms with Crippen molar-refractivity contribution in [3.05, 3.63) is 0 Å². The standard InChI is InChI=1S/C26H42O11/c1-6-11-17(28)22(33)24(35,19(30)13-8-3)26(37,21(32)15-10-5)25(36,20(31)14-9-4)23(34,16-27)18(29)12-7-2/h27,34-37H,6-16H2,1-5H3/t23-,24-,25+,26+/m0/s1. The van der Waals surface area contributed by atoms with Crippen molar-refractivity contribution in [3.63, 3.8) is 0 Å². The molecular weight excluding hydrogens is 488 g/mol. The topological polar surface area (TPSA) is 204 Å². The molecule has 0 aliphatic heterocycles. The van der Waals surface area contributed by atoms with E-state index < -0.39 is 95.8 Å². The van der Waals surface area contributed by atoms with Crippen LogP contribution in [0.3, 0.4) is 0 Å². The minimum Gasteiger partial charge on any atom is -0.393 e. The molecule has 0 aromatic carbocycles. The zero-order chi connectivity index (χ0) is 29.2. The van der Waals surface area contributed by atoms with E-state index in [1.54, 1.807) is 0 Å². The van der Waals surface area contributed by atoms with Crippen LogP contribution < -0.4 is 0 Å². The molecule has 0 fully saturated rings. The Kier molecular flexibility index (Phi) is 13.3. The van der Waals surface area contributed by atoms with E-state index in [0.29, 0.717) is 0 Å². The molecule has 4 atom stereocenters. The molecule has 0 radical (unpaired) electrons. The van der Waals surface area contributed by atoms with Gasteiger partial charge in [0.25, 0.3) is 0 Å². The van der Waals surface area contributed by atoms with Crippen molar-refractivity contribution in [1.29, 1.82) is 0 Å². The number of aliphatic hydroxyl groups excluding tert-OH is 1. The number of ketones is 6. The van der Waals surface area contributed by atoms with Gasteiger partial charge in [0.05, 0.1) is 6.61 Å². The first-order valence-electron chi connectivity index (χ1n) is 12.8. The van der Waals surface area contributed by atoms with Gasteiger partial charge in [0.15, 0.2) is 28.7 Å². The van der Waals surface area contributed by atoms with E-state index in [1.165, 1.54) is 34.6 Å². The summed E-state index contributed by atoms with van der Waals surface area (Å²) in [6.07, 6.45) is -3.28. The summed E-state index contributed by atoms with van der Waals surface area (Å²) >= 11 is 0. The highest BCUT2D eigenvalue weighted by atomic mass is 16.4. The van der Waals surface area contributed by atoms with Gasteiger partial charge in [-0.15, -0.1) is 0 Å². The molecule has 11 nitrogen and oxygen atoms in total. The first-order valence-corrected chi connectivity index (χ1v) is 12.8. The van der Waals surface area contributed by atoms with Gasteiger partial charge in [-0.2, -0.15) is 0 Å². The van der Waals surface area contributed by atoms with Gasteiger partial charge < -0.3 is 25.5 Å². The van der Waals surface area contributed by atoms with E-state index in [1.807, 2.05) is 0 Å². The van der Waals surface area contributed by atoms with Crippen molar-refractivity contribution in [3.8, 4) is 0 Å². The highest BCUT2D eigenvalue weighted by molar-refractivity contribution is 6.46. The van der Waals surface area contributed by atoms with E-state index in [4.69, 9.17) is 0 Å². The summed E-state index contributed by atoms with van der Waals surface area (Å²) < 4.78 is 0. The number of rotatable bonds is 20. The molecule has 0 rings (SSSR count). The summed E-state index contributed by atoms with van der Waals surface area (Å²) in [7, 11) is 0. The van der Waals surface area contributed by atoms with Crippen LogP contribution in [0.4, 0.5) is 0 Å². The molecule has 0 saturated heterocycles. The van der Waals surface area contributed by atoms with Gasteiger partial charge in [-0.1, -0.05) is 34.6 Å². The van der Waals surface area contributed by atoms with Crippen molar-refractivity contribution in [2.45, 2.75) is 121 Å². The first-order chi connectivity index (χ1) is 17.1. The Morgan fingerprint density at radius 1 is 0.514 bits per heavy atom. The van der Waals surface area contributed by atoms with Crippen LogP contribution in [-0.4, -0.2) is 89.2 Å². The fraction of sp³-hybridized carbons (Fsp3) is 0.769. The maximum atomic E-state index is 13.6. The Morgan fingerprint density at radius 3 is 1.24 bits per heavy atom. The van der Waals surface area contributed by atoms with Crippen LogP contribution in [-0.2, 0) is 28.8 Å². The van der Waals surface area contributed by atoms with Crippen LogP contribution in [0.2, 0.25) is 0 Å². The Balaban J connectivity index is 8.13. The summed E-state index contributed by atoms with van der Waals surface area (Å²) in [5.41, 5.74) is -15.9. The molecule has 0 bridgehead atoms. The van der Waals surface area contributed by atoms with Crippen LogP contribution in [0.15, 0.2) is 0 Å². The molecule has 0 amide bonds. The molecule has 0 unspecified atom stereocenters. The van der Waals surface area contributed by atoms with E-state index in [9.17, 15) is 54.3 Å². The van der Waals surface area contributed by atoms with E-state index in [2.05, 4.69) is 0 Å². The minimum atomic E-state index is -4.20. The van der Waals surface area contributed by atoms with Crippen molar-refractivity contribution in [2.24, 2.45) is 0 Å². The average Bonchev–Trinajstić information content (AvgIpc) is 2.86. The molecular formula is C26H42O11. The van der Waals surface area contributed by atoms with Crippen molar-refractivity contribution in [1.82, 2.24) is 0 Å². The zero-order valence-corrected chi connectivity index (χ0v) is 22.5. The fourth-order valence-corrected chi connectivity index (χ4v) is 4.49. The summed E-state index contributed by atoms with van der Waals surface area (Å²) in [6, 6.07) is 0.